The van der Waals surface area contributed by atoms with Gasteiger partial charge in [0.1, 0.15) is 31.0 Å². The van der Waals surface area contributed by atoms with Crippen LogP contribution in [0.15, 0.2) is 54.6 Å². The number of alkyl carbamates (subject to hydrolysis) is 1. The number of carbonyl (C=O) groups excluding carboxylic acids is 5. The van der Waals surface area contributed by atoms with Gasteiger partial charge in [0.15, 0.2) is 0 Å². The number of nitrogens with one attached hydrogen (secondary N) is 4. The smallest absolute Gasteiger partial charge is 0.408 e. The lowest BCUT2D eigenvalue weighted by Gasteiger charge is -2.23. The molecule has 2 atom stereocenters. The maximum absolute atomic E-state index is 13.1. The van der Waals surface area contributed by atoms with E-state index in [0.717, 1.165) is 0 Å². The van der Waals surface area contributed by atoms with Crippen molar-refractivity contribution in [3.63, 3.8) is 0 Å². The first-order valence-corrected chi connectivity index (χ1v) is 12.1. The Hall–Kier alpha value is -5.14. The zero-order valence-electron chi connectivity index (χ0n) is 21.4. The summed E-state index contributed by atoms with van der Waals surface area (Å²) in [6, 6.07) is 12.0. The first-order chi connectivity index (χ1) is 19.0. The largest absolute Gasteiger partial charge is 0.508 e. The van der Waals surface area contributed by atoms with E-state index in [-0.39, 0.29) is 31.6 Å². The summed E-state index contributed by atoms with van der Waals surface area (Å²) in [6.45, 7) is -1.29. The number of nitrogens with two attached hydrogens (primary N) is 1. The van der Waals surface area contributed by atoms with Gasteiger partial charge in [-0.05, 0) is 29.7 Å². The van der Waals surface area contributed by atoms with Crippen molar-refractivity contribution >= 4 is 35.7 Å². The molecule has 0 heterocycles. The molecule has 0 radical (unpaired) electrons. The van der Waals surface area contributed by atoms with Crippen LogP contribution in [0.5, 0.6) is 5.75 Å². The highest BCUT2D eigenvalue weighted by molar-refractivity contribution is 5.93. The molecule has 0 aromatic heterocycles. The summed E-state index contributed by atoms with van der Waals surface area (Å²) in [6.07, 6.45) is -1.46. The predicted molar refractivity (Wildman–Crippen MR) is 139 cm³/mol. The van der Waals surface area contributed by atoms with Gasteiger partial charge in [-0.15, -0.1) is 0 Å². The van der Waals surface area contributed by atoms with E-state index in [1.807, 2.05) is 0 Å². The number of hydrogen-bond acceptors (Lipinski definition) is 8. The monoisotopic (exact) mass is 557 g/mol. The molecule has 214 valence electrons. The van der Waals surface area contributed by atoms with Crippen LogP contribution >= 0.6 is 0 Å². The number of aromatic hydroxyl groups is 1. The average Bonchev–Trinajstić information content (AvgIpc) is 2.92. The molecule has 0 aliphatic carbocycles. The molecule has 14 heteroatoms. The van der Waals surface area contributed by atoms with Gasteiger partial charge in [0, 0.05) is 12.8 Å². The second kappa shape index (κ2) is 16.0. The number of carboxylic acids is 1. The molecule has 0 spiro atoms. The van der Waals surface area contributed by atoms with Crippen LogP contribution in [0, 0.1) is 0 Å². The summed E-state index contributed by atoms with van der Waals surface area (Å²) in [5, 5.41) is 27.5. The maximum atomic E-state index is 13.1. The van der Waals surface area contributed by atoms with Crippen molar-refractivity contribution in [1.29, 1.82) is 0 Å². The summed E-state index contributed by atoms with van der Waals surface area (Å²) in [7, 11) is 0. The number of phenols is 1. The minimum absolute atomic E-state index is 0.0198. The summed E-state index contributed by atoms with van der Waals surface area (Å²) in [4.78, 5) is 72.2. The Bertz CT molecular complexity index is 1190. The number of hydrogen-bond donors (Lipinski definition) is 7. The van der Waals surface area contributed by atoms with Crippen molar-refractivity contribution in [1.82, 2.24) is 21.3 Å². The van der Waals surface area contributed by atoms with Crippen LogP contribution in [0.4, 0.5) is 4.79 Å². The standard InChI is InChI=1S/C26H31N5O9/c27-21(33)11-10-19(31-26(39)40-15-17-4-2-1-3-5-17)25(38)30-20(12-16-6-8-18(32)9-7-16)24(37)29-13-22(34)28-14-23(35)36/h1-9,19-20,32H,10-15H2,(H2,27,33)(H,28,34)(H,29,37)(H,30,38)(H,31,39)(H,35,36)/t19-,20-/m0/s1. The third kappa shape index (κ3) is 11.9. The number of primary amides is 1. The van der Waals surface area contributed by atoms with E-state index in [1.54, 1.807) is 30.3 Å². The fraction of sp³-hybridized carbons (Fsp3) is 0.308. The second-order valence-corrected chi connectivity index (χ2v) is 8.58. The first-order valence-electron chi connectivity index (χ1n) is 12.1. The van der Waals surface area contributed by atoms with Crippen LogP contribution < -0.4 is 27.0 Å². The lowest BCUT2D eigenvalue weighted by molar-refractivity contribution is -0.138. The van der Waals surface area contributed by atoms with Crippen molar-refractivity contribution in [2.24, 2.45) is 5.73 Å². The van der Waals surface area contributed by atoms with Gasteiger partial charge in [-0.2, -0.15) is 0 Å². The zero-order chi connectivity index (χ0) is 29.5. The second-order valence-electron chi connectivity index (χ2n) is 8.58. The molecule has 0 fully saturated rings. The van der Waals surface area contributed by atoms with E-state index in [2.05, 4.69) is 21.3 Å². The minimum Gasteiger partial charge on any atom is -0.508 e. The Morgan fingerprint density at radius 3 is 2.10 bits per heavy atom. The highest BCUT2D eigenvalue weighted by atomic mass is 16.5. The van der Waals surface area contributed by atoms with Crippen molar-refractivity contribution in [3.05, 3.63) is 65.7 Å². The van der Waals surface area contributed by atoms with Gasteiger partial charge in [-0.1, -0.05) is 42.5 Å². The molecule has 8 N–H and O–H groups in total. The minimum atomic E-state index is -1.30. The fourth-order valence-electron chi connectivity index (χ4n) is 3.34. The molecule has 5 amide bonds. The molecule has 0 aliphatic rings. The van der Waals surface area contributed by atoms with E-state index in [1.165, 1.54) is 24.3 Å². The molecule has 2 rings (SSSR count). The van der Waals surface area contributed by atoms with Crippen LogP contribution in [-0.4, -0.2) is 71.1 Å². The number of benzene rings is 2. The molecular formula is C26H31N5O9. The van der Waals surface area contributed by atoms with Crippen molar-refractivity contribution in [3.8, 4) is 5.75 Å². The number of aliphatic carboxylic acids is 1. The normalized spacial score (nSPS) is 11.8. The van der Waals surface area contributed by atoms with Crippen LogP contribution in [-0.2, 0) is 41.7 Å². The van der Waals surface area contributed by atoms with Crippen LogP contribution in [0.3, 0.4) is 0 Å². The van der Waals surface area contributed by atoms with Gasteiger partial charge in [-0.25, -0.2) is 4.79 Å². The Labute approximate surface area is 229 Å². The average molecular weight is 558 g/mol. The molecular weight excluding hydrogens is 526 g/mol. The summed E-state index contributed by atoms with van der Waals surface area (Å²) >= 11 is 0. The Morgan fingerprint density at radius 1 is 0.800 bits per heavy atom. The topological polar surface area (TPSA) is 226 Å². The van der Waals surface area contributed by atoms with Crippen molar-refractivity contribution in [2.75, 3.05) is 13.1 Å². The lowest BCUT2D eigenvalue weighted by atomic mass is 10.0. The zero-order valence-corrected chi connectivity index (χ0v) is 21.4. The van der Waals surface area contributed by atoms with Crippen molar-refractivity contribution in [2.45, 2.75) is 38.0 Å². The van der Waals surface area contributed by atoms with E-state index in [4.69, 9.17) is 15.6 Å². The van der Waals surface area contributed by atoms with Crippen LogP contribution in [0.2, 0.25) is 0 Å². The fourth-order valence-corrected chi connectivity index (χ4v) is 3.34. The SMILES string of the molecule is NC(=O)CC[C@H](NC(=O)OCc1ccccc1)C(=O)N[C@@H](Cc1ccc(O)cc1)C(=O)NCC(=O)NCC(=O)O. The van der Waals surface area contributed by atoms with Crippen LogP contribution in [0.25, 0.3) is 0 Å². The van der Waals surface area contributed by atoms with E-state index in [9.17, 15) is 33.9 Å². The lowest BCUT2D eigenvalue weighted by Crippen LogP contribution is -2.55. The highest BCUT2D eigenvalue weighted by Crippen LogP contribution is 2.12. The van der Waals surface area contributed by atoms with E-state index >= 15 is 0 Å². The van der Waals surface area contributed by atoms with Gasteiger partial charge in [0.05, 0.1) is 6.54 Å². The third-order valence-corrected chi connectivity index (χ3v) is 5.37. The Balaban J connectivity index is 2.11. The maximum Gasteiger partial charge on any atom is 0.408 e. The molecule has 0 bridgehead atoms. The summed E-state index contributed by atoms with van der Waals surface area (Å²) < 4.78 is 5.14. The first kappa shape index (κ1) is 31.1. The predicted octanol–water partition coefficient (Wildman–Crippen LogP) is -0.703. The number of amides is 5. The molecule has 40 heavy (non-hydrogen) atoms. The molecule has 0 saturated carbocycles. The molecule has 0 saturated heterocycles. The molecule has 2 aromatic rings. The Morgan fingerprint density at radius 2 is 1.48 bits per heavy atom. The number of carbonyl (C=O) groups is 6. The highest BCUT2D eigenvalue weighted by Gasteiger charge is 2.28. The molecule has 0 aliphatic heterocycles. The van der Waals surface area contributed by atoms with Crippen molar-refractivity contribution < 1.29 is 43.7 Å². The Kier molecular flexibility index (Phi) is 12.4. The number of ether oxygens (including phenoxy) is 1. The van der Waals surface area contributed by atoms with Gasteiger partial charge >= 0.3 is 12.1 Å². The van der Waals surface area contributed by atoms with Gasteiger partial charge in [0.2, 0.25) is 23.6 Å². The van der Waals surface area contributed by atoms with Gasteiger partial charge < -0.3 is 42.0 Å². The van der Waals surface area contributed by atoms with E-state index in [0.29, 0.717) is 11.1 Å². The van der Waals surface area contributed by atoms with Gasteiger partial charge in [0.25, 0.3) is 0 Å². The molecule has 2 aromatic carbocycles. The number of carboxylic acid groups (broad SMARTS) is 1. The quantitative estimate of drug-likeness (QED) is 0.147. The number of phenolic OH excluding ortho intramolecular Hbond substituents is 1. The number of rotatable bonds is 15. The van der Waals surface area contributed by atoms with E-state index < -0.39 is 60.9 Å². The third-order valence-electron chi connectivity index (χ3n) is 5.37. The van der Waals surface area contributed by atoms with Crippen LogP contribution in [0.1, 0.15) is 24.0 Å². The summed E-state index contributed by atoms with van der Waals surface area (Å²) in [5.74, 6) is -4.39. The molecule has 14 nitrogen and oxygen atoms in total. The summed E-state index contributed by atoms with van der Waals surface area (Å²) in [5.41, 5.74) is 6.45. The molecule has 0 unspecified atom stereocenters. The van der Waals surface area contributed by atoms with Gasteiger partial charge in [-0.3, -0.25) is 24.0 Å².